The zero-order valence-corrected chi connectivity index (χ0v) is 13.8. The fraction of sp³-hybridized carbons (Fsp3) is 0.588. The average molecular weight is 338 g/mol. The molecule has 0 atom stereocenters. The summed E-state index contributed by atoms with van der Waals surface area (Å²) in [5.41, 5.74) is 2.55. The van der Waals surface area contributed by atoms with Crippen LogP contribution in [0.2, 0.25) is 0 Å². The summed E-state index contributed by atoms with van der Waals surface area (Å²) < 4.78 is 0. The predicted molar refractivity (Wildman–Crippen MR) is 87.3 cm³/mol. The number of benzene rings is 1. The Bertz CT molecular complexity index is 452. The minimum atomic E-state index is 0.00106. The minimum absolute atomic E-state index is 0.00106. The van der Waals surface area contributed by atoms with Crippen LogP contribution in [0.15, 0.2) is 24.3 Å². The minimum Gasteiger partial charge on any atom is -0.350 e. The second-order valence-electron chi connectivity index (χ2n) is 5.95. The summed E-state index contributed by atoms with van der Waals surface area (Å²) in [5, 5.41) is 4.16. The van der Waals surface area contributed by atoms with Crippen LogP contribution in [-0.4, -0.2) is 16.8 Å². The molecule has 20 heavy (non-hydrogen) atoms. The summed E-state index contributed by atoms with van der Waals surface area (Å²) >= 11 is 3.59. The monoisotopic (exact) mass is 337 g/mol. The van der Waals surface area contributed by atoms with Gasteiger partial charge in [0.05, 0.1) is 0 Å². The first-order valence-electron chi connectivity index (χ1n) is 7.57. The SMILES string of the molecule is Cc1ccccc1CCC(=O)NC1(CBr)CCCCC1. The van der Waals surface area contributed by atoms with E-state index in [4.69, 9.17) is 0 Å². The molecular formula is C17H24BrNO. The number of carbonyl (C=O) groups is 1. The molecule has 0 radical (unpaired) electrons. The van der Waals surface area contributed by atoms with Crippen molar-refractivity contribution in [1.29, 1.82) is 0 Å². The van der Waals surface area contributed by atoms with E-state index in [1.807, 2.05) is 12.1 Å². The fourth-order valence-electron chi connectivity index (χ4n) is 3.02. The third-order valence-electron chi connectivity index (χ3n) is 4.35. The Morgan fingerprint density at radius 3 is 2.60 bits per heavy atom. The zero-order valence-electron chi connectivity index (χ0n) is 12.3. The van der Waals surface area contributed by atoms with Gasteiger partial charge in [0.2, 0.25) is 5.91 Å². The van der Waals surface area contributed by atoms with Crippen LogP contribution in [0.4, 0.5) is 0 Å². The van der Waals surface area contributed by atoms with Gasteiger partial charge in [-0.05, 0) is 37.3 Å². The molecule has 0 heterocycles. The van der Waals surface area contributed by atoms with Crippen molar-refractivity contribution < 1.29 is 4.79 Å². The lowest BCUT2D eigenvalue weighted by atomic mass is 9.83. The molecule has 2 nitrogen and oxygen atoms in total. The summed E-state index contributed by atoms with van der Waals surface area (Å²) in [6, 6.07) is 8.31. The Hall–Kier alpha value is -0.830. The zero-order chi connectivity index (χ0) is 14.4. The molecule has 1 amide bonds. The first-order chi connectivity index (χ1) is 9.65. The highest BCUT2D eigenvalue weighted by atomic mass is 79.9. The molecule has 0 bridgehead atoms. The van der Waals surface area contributed by atoms with Crippen molar-refractivity contribution in [2.45, 2.75) is 57.4 Å². The smallest absolute Gasteiger partial charge is 0.220 e. The molecule has 0 unspecified atom stereocenters. The molecule has 1 fully saturated rings. The van der Waals surface area contributed by atoms with Gasteiger partial charge in [-0.15, -0.1) is 0 Å². The van der Waals surface area contributed by atoms with Gasteiger partial charge in [0.1, 0.15) is 0 Å². The van der Waals surface area contributed by atoms with Gasteiger partial charge in [0, 0.05) is 17.3 Å². The van der Waals surface area contributed by atoms with Gasteiger partial charge in [-0.1, -0.05) is 59.5 Å². The lowest BCUT2D eigenvalue weighted by Crippen LogP contribution is -2.51. The van der Waals surface area contributed by atoms with Crippen LogP contribution in [0.1, 0.15) is 49.7 Å². The van der Waals surface area contributed by atoms with Crippen LogP contribution >= 0.6 is 15.9 Å². The van der Waals surface area contributed by atoms with Gasteiger partial charge in [-0.25, -0.2) is 0 Å². The van der Waals surface area contributed by atoms with Crippen LogP contribution in [0.25, 0.3) is 0 Å². The largest absolute Gasteiger partial charge is 0.350 e. The summed E-state index contributed by atoms with van der Waals surface area (Å²) in [6.45, 7) is 2.11. The van der Waals surface area contributed by atoms with Crippen molar-refractivity contribution in [1.82, 2.24) is 5.32 Å². The van der Waals surface area contributed by atoms with E-state index in [1.54, 1.807) is 0 Å². The van der Waals surface area contributed by atoms with Crippen molar-refractivity contribution in [2.75, 3.05) is 5.33 Å². The maximum Gasteiger partial charge on any atom is 0.220 e. The number of hydrogen-bond donors (Lipinski definition) is 1. The first-order valence-corrected chi connectivity index (χ1v) is 8.69. The van der Waals surface area contributed by atoms with Crippen molar-refractivity contribution in [3.05, 3.63) is 35.4 Å². The van der Waals surface area contributed by atoms with E-state index in [2.05, 4.69) is 40.3 Å². The molecule has 1 N–H and O–H groups in total. The number of carbonyl (C=O) groups excluding carboxylic acids is 1. The second kappa shape index (κ2) is 7.26. The summed E-state index contributed by atoms with van der Waals surface area (Å²) in [4.78, 5) is 12.2. The molecule has 2 rings (SSSR count). The maximum absolute atomic E-state index is 12.2. The Morgan fingerprint density at radius 2 is 1.95 bits per heavy atom. The van der Waals surface area contributed by atoms with E-state index < -0.39 is 0 Å². The van der Waals surface area contributed by atoms with E-state index in [-0.39, 0.29) is 11.4 Å². The highest BCUT2D eigenvalue weighted by molar-refractivity contribution is 9.09. The van der Waals surface area contributed by atoms with E-state index in [0.717, 1.165) is 24.6 Å². The summed E-state index contributed by atoms with van der Waals surface area (Å²) in [7, 11) is 0. The van der Waals surface area contributed by atoms with Crippen LogP contribution in [0, 0.1) is 6.92 Å². The van der Waals surface area contributed by atoms with Gasteiger partial charge in [-0.3, -0.25) is 4.79 Å². The summed E-state index contributed by atoms with van der Waals surface area (Å²) in [5.74, 6) is 0.189. The standard InChI is InChI=1S/C17H24BrNO/c1-14-7-3-4-8-15(14)9-10-16(20)19-17(13-18)11-5-2-6-12-17/h3-4,7-8H,2,5-6,9-13H2,1H3,(H,19,20). The molecule has 1 aliphatic rings. The van der Waals surface area contributed by atoms with Gasteiger partial charge < -0.3 is 5.32 Å². The van der Waals surface area contributed by atoms with Crippen molar-refractivity contribution in [3.63, 3.8) is 0 Å². The lowest BCUT2D eigenvalue weighted by molar-refractivity contribution is -0.123. The number of nitrogens with one attached hydrogen (secondary N) is 1. The Labute approximate surface area is 130 Å². The Kier molecular flexibility index (Phi) is 5.64. The number of aryl methyl sites for hydroxylation is 2. The molecule has 0 spiro atoms. The molecule has 1 aliphatic carbocycles. The number of rotatable bonds is 5. The van der Waals surface area contributed by atoms with Crippen molar-refractivity contribution >= 4 is 21.8 Å². The molecule has 110 valence electrons. The molecule has 1 saturated carbocycles. The quantitative estimate of drug-likeness (QED) is 0.803. The molecule has 1 aromatic rings. The molecule has 0 aliphatic heterocycles. The molecular weight excluding hydrogens is 314 g/mol. The normalized spacial score (nSPS) is 17.7. The number of alkyl halides is 1. The fourth-order valence-corrected chi connectivity index (χ4v) is 3.72. The van der Waals surface area contributed by atoms with Crippen LogP contribution < -0.4 is 5.32 Å². The average Bonchev–Trinajstić information content (AvgIpc) is 2.47. The van der Waals surface area contributed by atoms with Crippen LogP contribution in [-0.2, 0) is 11.2 Å². The molecule has 3 heteroatoms. The van der Waals surface area contributed by atoms with E-state index in [9.17, 15) is 4.79 Å². The Balaban J connectivity index is 1.87. The highest BCUT2D eigenvalue weighted by Crippen LogP contribution is 2.29. The van der Waals surface area contributed by atoms with Gasteiger partial charge >= 0.3 is 0 Å². The third-order valence-corrected chi connectivity index (χ3v) is 5.43. The first kappa shape index (κ1) is 15.6. The highest BCUT2D eigenvalue weighted by Gasteiger charge is 2.32. The molecule has 0 aromatic heterocycles. The van der Waals surface area contributed by atoms with E-state index in [1.165, 1.54) is 30.4 Å². The lowest BCUT2D eigenvalue weighted by Gasteiger charge is -2.36. The number of hydrogen-bond acceptors (Lipinski definition) is 1. The van der Waals surface area contributed by atoms with Crippen molar-refractivity contribution in [2.24, 2.45) is 0 Å². The van der Waals surface area contributed by atoms with Crippen LogP contribution in [0.5, 0.6) is 0 Å². The van der Waals surface area contributed by atoms with Crippen molar-refractivity contribution in [3.8, 4) is 0 Å². The van der Waals surface area contributed by atoms with E-state index >= 15 is 0 Å². The van der Waals surface area contributed by atoms with Gasteiger partial charge in [0.15, 0.2) is 0 Å². The summed E-state index contributed by atoms with van der Waals surface area (Å²) in [6.07, 6.45) is 7.38. The Morgan fingerprint density at radius 1 is 1.25 bits per heavy atom. The molecule has 0 saturated heterocycles. The van der Waals surface area contributed by atoms with Crippen LogP contribution in [0.3, 0.4) is 0 Å². The number of amides is 1. The number of halogens is 1. The third kappa shape index (κ3) is 4.08. The predicted octanol–water partition coefficient (Wildman–Crippen LogP) is 4.14. The van der Waals surface area contributed by atoms with E-state index in [0.29, 0.717) is 6.42 Å². The molecule has 1 aromatic carbocycles. The second-order valence-corrected chi connectivity index (χ2v) is 6.51. The topological polar surface area (TPSA) is 29.1 Å². The van der Waals surface area contributed by atoms with Gasteiger partial charge in [0.25, 0.3) is 0 Å². The van der Waals surface area contributed by atoms with Gasteiger partial charge in [-0.2, -0.15) is 0 Å². The maximum atomic E-state index is 12.2.